The normalized spacial score (nSPS) is 20.2. The Balaban J connectivity index is 1.84. The Morgan fingerprint density at radius 3 is 2.30 bits per heavy atom. The maximum Gasteiger partial charge on any atom is 0.332 e. The number of rotatable bonds is 4. The number of hydrogen-bond donors (Lipinski definition) is 0. The third-order valence-electron chi connectivity index (χ3n) is 5.54. The molecule has 9 heteroatoms. The van der Waals surface area contributed by atoms with Gasteiger partial charge in [-0.25, -0.2) is 14.2 Å². The van der Waals surface area contributed by atoms with Crippen molar-refractivity contribution in [3.8, 4) is 0 Å². The third kappa shape index (κ3) is 3.70. The number of ether oxygens (including phenoxy) is 1. The largest absolute Gasteiger partial charge is 0.373 e. The van der Waals surface area contributed by atoms with Crippen molar-refractivity contribution in [1.29, 1.82) is 0 Å². The van der Waals surface area contributed by atoms with Crippen LogP contribution in [0.25, 0.3) is 11.2 Å². The zero-order valence-corrected chi connectivity index (χ0v) is 17.6. The molecule has 2 aromatic heterocycles. The maximum absolute atomic E-state index is 13.4. The van der Waals surface area contributed by atoms with Crippen LogP contribution < -0.4 is 11.2 Å². The van der Waals surface area contributed by atoms with Gasteiger partial charge in [-0.2, -0.15) is 0 Å². The van der Waals surface area contributed by atoms with E-state index in [2.05, 4.69) is 9.88 Å². The van der Waals surface area contributed by atoms with Gasteiger partial charge in [-0.05, 0) is 31.5 Å². The molecular weight excluding hydrogens is 389 g/mol. The number of fused-ring (bicyclic) bond motifs is 1. The van der Waals surface area contributed by atoms with Crippen LogP contribution in [0.1, 0.15) is 25.2 Å². The number of halogens is 1. The number of hydrogen-bond acceptors (Lipinski definition) is 5. The Hall–Kier alpha value is -2.78. The van der Waals surface area contributed by atoms with Crippen molar-refractivity contribution < 1.29 is 9.13 Å². The van der Waals surface area contributed by atoms with Crippen LogP contribution in [0, 0.1) is 5.82 Å². The highest BCUT2D eigenvalue weighted by Gasteiger charge is 2.25. The molecule has 3 aromatic rings. The lowest BCUT2D eigenvalue weighted by Gasteiger charge is -2.35. The first-order chi connectivity index (χ1) is 14.2. The molecule has 1 fully saturated rings. The van der Waals surface area contributed by atoms with Crippen LogP contribution in [0.2, 0.25) is 0 Å². The van der Waals surface area contributed by atoms with Gasteiger partial charge in [0.2, 0.25) is 0 Å². The van der Waals surface area contributed by atoms with Gasteiger partial charge in [0.1, 0.15) is 11.6 Å². The monoisotopic (exact) mass is 415 g/mol. The van der Waals surface area contributed by atoms with E-state index in [4.69, 9.17) is 4.74 Å². The zero-order chi connectivity index (χ0) is 21.6. The van der Waals surface area contributed by atoms with Crippen LogP contribution in [0.5, 0.6) is 0 Å². The molecule has 160 valence electrons. The molecule has 1 aliphatic rings. The number of morpholine rings is 1. The molecule has 30 heavy (non-hydrogen) atoms. The second-order valence-corrected chi connectivity index (χ2v) is 8.07. The minimum absolute atomic E-state index is 0.0981. The van der Waals surface area contributed by atoms with Gasteiger partial charge in [0.15, 0.2) is 11.2 Å². The quantitative estimate of drug-likeness (QED) is 0.641. The van der Waals surface area contributed by atoms with E-state index >= 15 is 0 Å². The molecule has 0 aliphatic carbocycles. The van der Waals surface area contributed by atoms with Crippen LogP contribution in [0.15, 0.2) is 33.9 Å². The van der Waals surface area contributed by atoms with Gasteiger partial charge >= 0.3 is 5.69 Å². The number of imidazole rings is 1. The van der Waals surface area contributed by atoms with Gasteiger partial charge in [0.25, 0.3) is 5.56 Å². The first-order valence-electron chi connectivity index (χ1n) is 10.0. The third-order valence-corrected chi connectivity index (χ3v) is 5.54. The standard InChI is InChI=1S/C21H26FN5O3/c1-13-9-26(10-14(2)30-13)12-17-23-19-18(20(28)25(4)21(29)24(19)3)27(17)11-15-5-7-16(22)8-6-15/h5-8,13-14H,9-12H2,1-4H3/t13-,14-/m0/s1. The minimum atomic E-state index is -0.418. The first-order valence-corrected chi connectivity index (χ1v) is 10.0. The molecule has 0 unspecified atom stereocenters. The highest BCUT2D eigenvalue weighted by atomic mass is 19.1. The van der Waals surface area contributed by atoms with E-state index in [0.717, 1.165) is 23.2 Å². The Morgan fingerprint density at radius 1 is 1.03 bits per heavy atom. The SMILES string of the molecule is C[C@H]1CN(Cc2nc3c(c(=O)n(C)c(=O)n3C)n2Cc2ccc(F)cc2)C[C@H](C)O1. The van der Waals surface area contributed by atoms with E-state index < -0.39 is 11.2 Å². The van der Waals surface area contributed by atoms with E-state index in [-0.39, 0.29) is 18.0 Å². The van der Waals surface area contributed by atoms with Gasteiger partial charge in [-0.3, -0.25) is 18.8 Å². The van der Waals surface area contributed by atoms with E-state index in [1.807, 2.05) is 18.4 Å². The predicted molar refractivity (Wildman–Crippen MR) is 111 cm³/mol. The Labute approximate surface area is 173 Å². The summed E-state index contributed by atoms with van der Waals surface area (Å²) in [5.41, 5.74) is 0.760. The Morgan fingerprint density at radius 2 is 1.67 bits per heavy atom. The summed E-state index contributed by atoms with van der Waals surface area (Å²) in [6.07, 6.45) is 0.196. The van der Waals surface area contributed by atoms with E-state index in [1.54, 1.807) is 19.2 Å². The molecular formula is C21H26FN5O3. The highest BCUT2D eigenvalue weighted by molar-refractivity contribution is 5.71. The van der Waals surface area contributed by atoms with Crippen molar-refractivity contribution in [2.24, 2.45) is 14.1 Å². The van der Waals surface area contributed by atoms with Crippen LogP contribution in [0.4, 0.5) is 4.39 Å². The van der Waals surface area contributed by atoms with E-state index in [9.17, 15) is 14.0 Å². The summed E-state index contributed by atoms with van der Waals surface area (Å²) < 4.78 is 23.5. The van der Waals surface area contributed by atoms with Crippen LogP contribution >= 0.6 is 0 Å². The molecule has 1 saturated heterocycles. The molecule has 3 heterocycles. The van der Waals surface area contributed by atoms with Crippen molar-refractivity contribution in [2.45, 2.75) is 39.1 Å². The topological polar surface area (TPSA) is 74.3 Å². The average Bonchev–Trinajstić information content (AvgIpc) is 3.03. The molecule has 8 nitrogen and oxygen atoms in total. The summed E-state index contributed by atoms with van der Waals surface area (Å²) in [7, 11) is 3.08. The van der Waals surface area contributed by atoms with E-state index in [0.29, 0.717) is 30.1 Å². The van der Waals surface area contributed by atoms with Gasteiger partial charge in [-0.15, -0.1) is 0 Å². The number of benzene rings is 1. The summed E-state index contributed by atoms with van der Waals surface area (Å²) in [6, 6.07) is 6.17. The second kappa shape index (κ2) is 7.81. The van der Waals surface area contributed by atoms with Crippen LogP contribution in [0.3, 0.4) is 0 Å². The molecule has 0 bridgehead atoms. The summed E-state index contributed by atoms with van der Waals surface area (Å²) in [4.78, 5) is 32.3. The van der Waals surface area contributed by atoms with Crippen molar-refractivity contribution in [3.05, 3.63) is 62.3 Å². The molecule has 4 rings (SSSR count). The second-order valence-electron chi connectivity index (χ2n) is 8.07. The van der Waals surface area contributed by atoms with Gasteiger partial charge in [-0.1, -0.05) is 12.1 Å². The van der Waals surface area contributed by atoms with Crippen molar-refractivity contribution in [2.75, 3.05) is 13.1 Å². The van der Waals surface area contributed by atoms with E-state index in [1.165, 1.54) is 23.7 Å². The molecule has 0 amide bonds. The molecule has 1 aromatic carbocycles. The predicted octanol–water partition coefficient (Wildman–Crippen LogP) is 1.23. The molecule has 0 saturated carbocycles. The van der Waals surface area contributed by atoms with Crippen molar-refractivity contribution in [1.82, 2.24) is 23.6 Å². The Bertz CT molecular complexity index is 1180. The minimum Gasteiger partial charge on any atom is -0.373 e. The fourth-order valence-corrected chi connectivity index (χ4v) is 4.17. The van der Waals surface area contributed by atoms with Gasteiger partial charge < -0.3 is 9.30 Å². The summed E-state index contributed by atoms with van der Waals surface area (Å²) in [6.45, 7) is 6.44. The fraction of sp³-hybridized carbons (Fsp3) is 0.476. The maximum atomic E-state index is 13.4. The highest BCUT2D eigenvalue weighted by Crippen LogP contribution is 2.19. The lowest BCUT2D eigenvalue weighted by atomic mass is 10.2. The number of aromatic nitrogens is 4. The Kier molecular flexibility index (Phi) is 5.33. The molecule has 0 spiro atoms. The molecule has 1 aliphatic heterocycles. The summed E-state index contributed by atoms with van der Waals surface area (Å²) in [5.74, 6) is 0.373. The first kappa shape index (κ1) is 20.5. The molecule has 0 radical (unpaired) electrons. The van der Waals surface area contributed by atoms with Gasteiger partial charge in [0.05, 0.1) is 18.8 Å². The summed E-state index contributed by atoms with van der Waals surface area (Å²) in [5, 5.41) is 0. The lowest BCUT2D eigenvalue weighted by molar-refractivity contribution is -0.0712. The molecule has 0 N–H and O–H groups in total. The zero-order valence-electron chi connectivity index (χ0n) is 17.6. The van der Waals surface area contributed by atoms with Crippen molar-refractivity contribution >= 4 is 11.2 Å². The molecule has 2 atom stereocenters. The van der Waals surface area contributed by atoms with Crippen LogP contribution in [-0.2, 0) is 31.9 Å². The summed E-state index contributed by atoms with van der Waals surface area (Å²) >= 11 is 0. The van der Waals surface area contributed by atoms with Gasteiger partial charge in [0, 0.05) is 33.7 Å². The number of nitrogens with zero attached hydrogens (tertiary/aromatic N) is 5. The average molecular weight is 415 g/mol. The lowest BCUT2D eigenvalue weighted by Crippen LogP contribution is -2.45. The van der Waals surface area contributed by atoms with Crippen LogP contribution in [-0.4, -0.2) is 48.9 Å². The number of aryl methyl sites for hydroxylation is 1. The smallest absolute Gasteiger partial charge is 0.332 e. The fourth-order valence-electron chi connectivity index (χ4n) is 4.17. The van der Waals surface area contributed by atoms with Crippen molar-refractivity contribution in [3.63, 3.8) is 0 Å².